The number of hydrogen-bond donors (Lipinski definition) is 4. The average molecular weight is 921 g/mol. The first kappa shape index (κ1) is 45.3. The van der Waals surface area contributed by atoms with Gasteiger partial charge in [0.05, 0.1) is 37.7 Å². The molecule has 4 fully saturated rings. The molecular formula is C54H64N8O6. The third kappa shape index (κ3) is 8.44. The van der Waals surface area contributed by atoms with Crippen LogP contribution in [0.15, 0.2) is 73.1 Å². The van der Waals surface area contributed by atoms with E-state index in [-0.39, 0.29) is 47.8 Å². The van der Waals surface area contributed by atoms with Crippen LogP contribution >= 0.6 is 0 Å². The highest BCUT2D eigenvalue weighted by atomic mass is 16.5. The van der Waals surface area contributed by atoms with Crippen molar-refractivity contribution in [3.8, 4) is 33.6 Å². The molecule has 2 aromatic heterocycles. The van der Waals surface area contributed by atoms with Crippen molar-refractivity contribution in [2.45, 2.75) is 128 Å². The van der Waals surface area contributed by atoms with Crippen molar-refractivity contribution in [3.05, 3.63) is 107 Å². The van der Waals surface area contributed by atoms with E-state index in [1.54, 1.807) is 0 Å². The van der Waals surface area contributed by atoms with Crippen LogP contribution in [-0.2, 0) is 44.7 Å². The van der Waals surface area contributed by atoms with Crippen LogP contribution in [0.2, 0.25) is 0 Å². The van der Waals surface area contributed by atoms with Crippen molar-refractivity contribution in [2.24, 2.45) is 23.7 Å². The molecule has 356 valence electrons. The number of rotatable bonds is 11. The molecule has 13 rings (SSSR count). The van der Waals surface area contributed by atoms with E-state index in [4.69, 9.17) is 19.4 Å². The fourth-order valence-electron chi connectivity index (χ4n) is 12.2. The topological polar surface area (TPSA) is 175 Å². The first-order chi connectivity index (χ1) is 32.9. The van der Waals surface area contributed by atoms with E-state index in [1.807, 2.05) is 49.9 Å². The monoisotopic (exact) mass is 920 g/mol. The van der Waals surface area contributed by atoms with Crippen molar-refractivity contribution < 1.29 is 28.7 Å². The van der Waals surface area contributed by atoms with E-state index in [1.165, 1.54) is 42.0 Å². The number of carbonyl (C=O) groups excluding carboxylic acids is 4. The number of carbonyl (C=O) groups is 4. The summed E-state index contributed by atoms with van der Waals surface area (Å²) in [5, 5.41) is 5.58. The summed E-state index contributed by atoms with van der Waals surface area (Å²) in [6.07, 6.45) is 12.1. The van der Waals surface area contributed by atoms with Crippen LogP contribution in [0.25, 0.3) is 33.6 Å². The minimum absolute atomic E-state index is 0.0765. The molecular weight excluding hydrogens is 857 g/mol. The number of piperidine rings is 2. The maximum absolute atomic E-state index is 14.2. The summed E-state index contributed by atoms with van der Waals surface area (Å²) in [6.45, 7) is 7.78. The summed E-state index contributed by atoms with van der Waals surface area (Å²) >= 11 is 0. The highest BCUT2D eigenvalue weighted by Gasteiger charge is 2.53. The summed E-state index contributed by atoms with van der Waals surface area (Å²) in [7, 11) is 2.64. The minimum atomic E-state index is -0.682. The molecule has 0 spiro atoms. The first-order valence-corrected chi connectivity index (χ1v) is 24.7. The van der Waals surface area contributed by atoms with Crippen molar-refractivity contribution in [1.82, 2.24) is 40.4 Å². The van der Waals surface area contributed by atoms with Crippen molar-refractivity contribution >= 4 is 24.0 Å². The largest absolute Gasteiger partial charge is 0.453 e. The lowest BCUT2D eigenvalue weighted by atomic mass is 9.88. The smallest absolute Gasteiger partial charge is 0.407 e. The quantitative estimate of drug-likeness (QED) is 0.102. The summed E-state index contributed by atoms with van der Waals surface area (Å²) in [4.78, 5) is 74.0. The Hall–Kier alpha value is -6.44. The molecule has 8 aliphatic rings. The number of aromatic amines is 2. The lowest BCUT2D eigenvalue weighted by Gasteiger charge is -2.37. The van der Waals surface area contributed by atoms with Crippen LogP contribution in [-0.4, -0.2) is 92.1 Å². The second kappa shape index (κ2) is 18.6. The third-order valence-corrected chi connectivity index (χ3v) is 15.7. The number of imidazole rings is 2. The van der Waals surface area contributed by atoms with E-state index in [9.17, 15) is 19.2 Å². The number of hydrogen-bond acceptors (Lipinski definition) is 8. The number of likely N-dealkylation sites (tertiary alicyclic amines) is 2. The Morgan fingerprint density at radius 3 is 1.54 bits per heavy atom. The number of aryl methyl sites for hydroxylation is 4. The molecule has 14 heteroatoms. The molecule has 14 nitrogen and oxygen atoms in total. The molecule has 2 aliphatic heterocycles. The van der Waals surface area contributed by atoms with Gasteiger partial charge >= 0.3 is 12.2 Å². The Morgan fingerprint density at radius 2 is 1.04 bits per heavy atom. The molecule has 8 bridgehead atoms. The lowest BCUT2D eigenvalue weighted by Crippen LogP contribution is -2.54. The summed E-state index contributed by atoms with van der Waals surface area (Å²) in [5.74, 6) is 1.86. The predicted molar refractivity (Wildman–Crippen MR) is 258 cm³/mol. The molecule has 4 amide bonds. The number of benzene rings is 3. The molecule has 5 aromatic rings. The van der Waals surface area contributed by atoms with E-state index >= 15 is 0 Å². The number of alkyl carbamates (subject to hydrolysis) is 2. The van der Waals surface area contributed by atoms with Gasteiger partial charge in [0.2, 0.25) is 11.8 Å². The van der Waals surface area contributed by atoms with Crippen molar-refractivity contribution in [1.29, 1.82) is 0 Å². The van der Waals surface area contributed by atoms with Gasteiger partial charge in [-0.05, 0) is 127 Å². The average Bonchev–Trinajstić information content (AvgIpc) is 4.22. The first-order valence-electron chi connectivity index (χ1n) is 24.7. The van der Waals surface area contributed by atoms with Gasteiger partial charge in [-0.3, -0.25) is 9.59 Å². The number of aromatic nitrogens is 4. The summed E-state index contributed by atoms with van der Waals surface area (Å²) in [5.41, 5.74) is 11.3. The number of nitrogens with one attached hydrogen (secondary N) is 4. The number of methoxy groups -OCH3 is 2. The Balaban J connectivity index is 0.856. The van der Waals surface area contributed by atoms with Gasteiger partial charge in [0.15, 0.2) is 0 Å². The van der Waals surface area contributed by atoms with Gasteiger partial charge in [-0.25, -0.2) is 19.6 Å². The molecule has 6 unspecified atom stereocenters. The van der Waals surface area contributed by atoms with Gasteiger partial charge in [-0.2, -0.15) is 0 Å². The standard InChI is InChI=1S/C54H64N8O6/c1-29(2)45(59-53(65)67-5)51(63)61-39-21-19-37(25-39)47(61)49-55-27-43(57-49)36-17-15-34(16-18-36)41-23-31-7-11-33(41)12-8-32-10-14-35(13-9-31)42(24-32)44-28-56-50(58-44)48-38-20-22-40(26-38)62(48)52(64)46(30(3)4)60-54(66)68-6/h7,10-11,14-18,23-24,27-30,37-40,45-48H,8-9,12-13,19-22,25-26H2,1-6H3,(H,55,57)(H,56,58)(H,59,65)(H,60,66)/t37?,38?,39?,40?,45?,46?,47-,48-/m0/s1. The van der Waals surface area contributed by atoms with Gasteiger partial charge in [-0.15, -0.1) is 0 Å². The Labute approximate surface area is 398 Å². The second-order valence-electron chi connectivity index (χ2n) is 20.5. The van der Waals surface area contributed by atoms with Crippen molar-refractivity contribution in [2.75, 3.05) is 14.2 Å². The maximum atomic E-state index is 14.2. The van der Waals surface area contributed by atoms with E-state index < -0.39 is 24.3 Å². The van der Waals surface area contributed by atoms with Gasteiger partial charge in [0.1, 0.15) is 23.7 Å². The van der Waals surface area contributed by atoms with Crippen LogP contribution in [0.3, 0.4) is 0 Å². The SMILES string of the molecule is COC(=O)NC(C(=O)N1C2CCC(C2)[C@H]1c1nc(-c2ccc(-c3cc4ccc3CCc3ccc(c(-c5c[nH]c([C@@H]6C7CCC(C7)N6C(=O)C(NC(=O)OC)C(C)C)n5)c3)CC4)cc2)c[nH]1)C(C)C. The molecule has 6 aliphatic carbocycles. The highest BCUT2D eigenvalue weighted by molar-refractivity contribution is 5.88. The van der Waals surface area contributed by atoms with Gasteiger partial charge in [-0.1, -0.05) is 82.3 Å². The molecule has 2 saturated carbocycles. The molecule has 4 N–H and O–H groups in total. The van der Waals surface area contributed by atoms with E-state index in [2.05, 4.69) is 81.3 Å². The normalized spacial score (nSPS) is 23.5. The van der Waals surface area contributed by atoms with Crippen LogP contribution in [0.5, 0.6) is 0 Å². The van der Waals surface area contributed by atoms with Crippen LogP contribution in [0.4, 0.5) is 9.59 Å². The zero-order valence-corrected chi connectivity index (χ0v) is 40.0. The summed E-state index contributed by atoms with van der Waals surface area (Å²) < 4.78 is 9.74. The minimum Gasteiger partial charge on any atom is -0.453 e. The zero-order chi connectivity index (χ0) is 47.4. The predicted octanol–water partition coefficient (Wildman–Crippen LogP) is 8.88. The van der Waals surface area contributed by atoms with E-state index in [0.29, 0.717) is 11.8 Å². The third-order valence-electron chi connectivity index (χ3n) is 15.7. The van der Waals surface area contributed by atoms with Gasteiger partial charge in [0.25, 0.3) is 0 Å². The Kier molecular flexibility index (Phi) is 12.4. The second-order valence-corrected chi connectivity index (χ2v) is 20.5. The summed E-state index contributed by atoms with van der Waals surface area (Å²) in [6, 6.07) is 21.0. The van der Waals surface area contributed by atoms with Crippen LogP contribution in [0.1, 0.15) is 112 Å². The number of fused-ring (bicyclic) bond motifs is 4. The Morgan fingerprint density at radius 1 is 0.588 bits per heavy atom. The van der Waals surface area contributed by atoms with Gasteiger partial charge < -0.3 is 39.9 Å². The van der Waals surface area contributed by atoms with Crippen LogP contribution < -0.4 is 10.6 Å². The van der Waals surface area contributed by atoms with Crippen molar-refractivity contribution in [3.63, 3.8) is 0 Å². The number of ether oxygens (including phenoxy) is 2. The molecule has 0 radical (unpaired) electrons. The zero-order valence-electron chi connectivity index (χ0n) is 40.0. The Bertz CT molecular complexity index is 2710. The fourth-order valence-corrected chi connectivity index (χ4v) is 12.2. The molecule has 68 heavy (non-hydrogen) atoms. The number of amides is 4. The van der Waals surface area contributed by atoms with Crippen LogP contribution in [0, 0.1) is 23.7 Å². The van der Waals surface area contributed by atoms with E-state index in [0.717, 1.165) is 104 Å². The number of H-pyrrole nitrogens is 2. The fraction of sp³-hybridized carbons (Fsp3) is 0.481. The maximum Gasteiger partial charge on any atom is 0.407 e. The lowest BCUT2D eigenvalue weighted by molar-refractivity contribution is -0.140. The highest BCUT2D eigenvalue weighted by Crippen LogP contribution is 2.51. The molecule has 4 heterocycles. The molecule has 2 saturated heterocycles. The molecule has 8 atom stereocenters. The number of nitrogens with zero attached hydrogens (tertiary/aromatic N) is 4. The molecule has 3 aromatic carbocycles. The van der Waals surface area contributed by atoms with Gasteiger partial charge in [0, 0.05) is 35.6 Å².